The average Bonchev–Trinajstić information content (AvgIpc) is 2.53. The maximum Gasteiger partial charge on any atom is 0.337 e. The smallest absolute Gasteiger partial charge is 0.337 e. The number of rotatable bonds is 5. The summed E-state index contributed by atoms with van der Waals surface area (Å²) in [4.78, 5) is 23.1. The lowest BCUT2D eigenvalue weighted by Crippen LogP contribution is -2.10. The molecule has 1 atom stereocenters. The number of aliphatic hydroxyl groups excluding tert-OH is 1. The van der Waals surface area contributed by atoms with Crippen LogP contribution in [0.1, 0.15) is 66.3 Å². The van der Waals surface area contributed by atoms with Crippen LogP contribution in [0.2, 0.25) is 0 Å². The zero-order chi connectivity index (χ0) is 15.7. The molecule has 0 bridgehead atoms. The number of benzene rings is 1. The Balaban J connectivity index is 0.00000172. The number of ketones is 1. The number of hydrogen-bond donors (Lipinski definition) is 1. The first kappa shape index (κ1) is 18.3. The molecule has 1 unspecified atom stereocenters. The molecule has 0 fully saturated rings. The summed E-state index contributed by atoms with van der Waals surface area (Å²) in [6.07, 6.45) is 0.900. The second kappa shape index (κ2) is 9.26. The maximum atomic E-state index is 11.5. The summed E-state index contributed by atoms with van der Waals surface area (Å²) in [5.41, 5.74) is 1.58. The Hall–Kier alpha value is -1.68. The summed E-state index contributed by atoms with van der Waals surface area (Å²) in [5.74, 6) is -0.641. The monoisotopic (exact) mass is 280 g/mol. The van der Waals surface area contributed by atoms with Crippen molar-refractivity contribution >= 4 is 11.8 Å². The highest BCUT2D eigenvalue weighted by atomic mass is 16.5. The summed E-state index contributed by atoms with van der Waals surface area (Å²) in [6, 6.07) is 4.91. The van der Waals surface area contributed by atoms with Gasteiger partial charge in [-0.15, -0.1) is 0 Å². The third-order valence-electron chi connectivity index (χ3n) is 3.02. The molecule has 0 radical (unpaired) electrons. The molecule has 112 valence electrons. The predicted octanol–water partition coefficient (Wildman–Crippen LogP) is 3.19. The van der Waals surface area contributed by atoms with Gasteiger partial charge >= 0.3 is 5.97 Å². The zero-order valence-electron chi connectivity index (χ0n) is 12.9. The number of esters is 1. The Labute approximate surface area is 120 Å². The molecule has 1 aromatic rings. The molecule has 0 saturated heterocycles. The summed E-state index contributed by atoms with van der Waals surface area (Å²) in [6.45, 7) is 7.48. The number of carbonyl (C=O) groups is 2. The molecule has 1 N–H and O–H groups in total. The SMILES string of the molecule is CC.CCC(C)c1cc(C(=O)CO)cc(C(=O)OC)c1. The van der Waals surface area contributed by atoms with Crippen molar-refractivity contribution in [1.82, 2.24) is 0 Å². The summed E-state index contributed by atoms with van der Waals surface area (Å²) >= 11 is 0. The van der Waals surface area contributed by atoms with Crippen molar-refractivity contribution in [2.75, 3.05) is 13.7 Å². The van der Waals surface area contributed by atoms with Gasteiger partial charge in [0.05, 0.1) is 12.7 Å². The van der Waals surface area contributed by atoms with E-state index in [0.29, 0.717) is 11.1 Å². The minimum atomic E-state index is -0.565. The highest BCUT2D eigenvalue weighted by Gasteiger charge is 2.15. The Morgan fingerprint density at radius 2 is 1.75 bits per heavy atom. The van der Waals surface area contributed by atoms with E-state index in [-0.39, 0.29) is 5.92 Å². The van der Waals surface area contributed by atoms with E-state index in [1.165, 1.54) is 13.2 Å². The molecule has 4 heteroatoms. The van der Waals surface area contributed by atoms with Crippen LogP contribution in [0.3, 0.4) is 0 Å². The lowest BCUT2D eigenvalue weighted by molar-refractivity contribution is 0.0600. The Morgan fingerprint density at radius 3 is 2.20 bits per heavy atom. The van der Waals surface area contributed by atoms with E-state index in [4.69, 9.17) is 5.11 Å². The predicted molar refractivity (Wildman–Crippen MR) is 79.3 cm³/mol. The van der Waals surface area contributed by atoms with Crippen LogP contribution in [-0.2, 0) is 4.74 Å². The van der Waals surface area contributed by atoms with Gasteiger partial charge in [0, 0.05) is 5.56 Å². The Kier molecular flexibility index (Phi) is 8.48. The normalized spacial score (nSPS) is 11.1. The van der Waals surface area contributed by atoms with Crippen molar-refractivity contribution in [2.45, 2.75) is 40.0 Å². The first-order valence-electron chi connectivity index (χ1n) is 6.90. The zero-order valence-corrected chi connectivity index (χ0v) is 12.9. The standard InChI is InChI=1S/C14H18O4.C2H6/c1-4-9(2)10-5-11(13(16)8-15)7-12(6-10)14(17)18-3;1-2/h5-7,9,15H,4,8H2,1-3H3;1-2H3. The van der Waals surface area contributed by atoms with Crippen LogP contribution in [0, 0.1) is 0 Å². The number of ether oxygens (including phenoxy) is 1. The summed E-state index contributed by atoms with van der Waals surface area (Å²) < 4.78 is 4.66. The van der Waals surface area contributed by atoms with Crippen molar-refractivity contribution < 1.29 is 19.4 Å². The van der Waals surface area contributed by atoms with Crippen LogP contribution in [-0.4, -0.2) is 30.6 Å². The molecule has 0 amide bonds. The number of Topliss-reactive ketones (excluding diaryl/α,β-unsaturated/α-hetero) is 1. The molecule has 0 aliphatic rings. The molecule has 0 spiro atoms. The fourth-order valence-corrected chi connectivity index (χ4v) is 1.66. The van der Waals surface area contributed by atoms with Gasteiger partial charge in [-0.1, -0.05) is 27.7 Å². The van der Waals surface area contributed by atoms with Gasteiger partial charge in [-0.25, -0.2) is 4.79 Å². The summed E-state index contributed by atoms with van der Waals surface area (Å²) in [5, 5.41) is 8.90. The average molecular weight is 280 g/mol. The molecule has 1 rings (SSSR count). The molecule has 0 saturated carbocycles. The molecule has 20 heavy (non-hydrogen) atoms. The molecule has 0 aromatic heterocycles. The third-order valence-corrected chi connectivity index (χ3v) is 3.02. The van der Waals surface area contributed by atoms with Crippen LogP contribution in [0.15, 0.2) is 18.2 Å². The number of methoxy groups -OCH3 is 1. The van der Waals surface area contributed by atoms with Crippen LogP contribution >= 0.6 is 0 Å². The van der Waals surface area contributed by atoms with Crippen LogP contribution in [0.4, 0.5) is 0 Å². The maximum absolute atomic E-state index is 11.5. The largest absolute Gasteiger partial charge is 0.465 e. The van der Waals surface area contributed by atoms with E-state index >= 15 is 0 Å². The highest BCUT2D eigenvalue weighted by Crippen LogP contribution is 2.22. The van der Waals surface area contributed by atoms with Gasteiger partial charge in [0.1, 0.15) is 6.61 Å². The minimum Gasteiger partial charge on any atom is -0.465 e. The number of hydrogen-bond acceptors (Lipinski definition) is 4. The van der Waals surface area contributed by atoms with Crippen LogP contribution in [0.5, 0.6) is 0 Å². The van der Waals surface area contributed by atoms with Gasteiger partial charge in [0.2, 0.25) is 0 Å². The van der Waals surface area contributed by atoms with Gasteiger partial charge < -0.3 is 9.84 Å². The fourth-order valence-electron chi connectivity index (χ4n) is 1.66. The number of aliphatic hydroxyl groups is 1. The van der Waals surface area contributed by atoms with E-state index in [2.05, 4.69) is 4.74 Å². The topological polar surface area (TPSA) is 63.6 Å². The van der Waals surface area contributed by atoms with Gasteiger partial charge in [-0.3, -0.25) is 4.79 Å². The van der Waals surface area contributed by atoms with Gasteiger partial charge in [-0.05, 0) is 36.1 Å². The highest BCUT2D eigenvalue weighted by molar-refractivity contribution is 6.00. The Morgan fingerprint density at radius 1 is 1.20 bits per heavy atom. The minimum absolute atomic E-state index is 0.236. The van der Waals surface area contributed by atoms with Crippen LogP contribution < -0.4 is 0 Å². The van der Waals surface area contributed by atoms with E-state index in [0.717, 1.165) is 12.0 Å². The first-order chi connectivity index (χ1) is 9.53. The molecule has 1 aromatic carbocycles. The van der Waals surface area contributed by atoms with Gasteiger partial charge in [0.25, 0.3) is 0 Å². The molecular weight excluding hydrogens is 256 g/mol. The molecule has 0 heterocycles. The van der Waals surface area contributed by atoms with E-state index < -0.39 is 18.4 Å². The lowest BCUT2D eigenvalue weighted by atomic mass is 9.93. The van der Waals surface area contributed by atoms with E-state index in [1.807, 2.05) is 27.7 Å². The quantitative estimate of drug-likeness (QED) is 0.664. The molecule has 0 aliphatic heterocycles. The Bertz CT molecular complexity index is 418. The van der Waals surface area contributed by atoms with Crippen molar-refractivity contribution in [3.05, 3.63) is 34.9 Å². The summed E-state index contributed by atoms with van der Waals surface area (Å²) in [7, 11) is 1.30. The fraction of sp³-hybridized carbons (Fsp3) is 0.500. The van der Waals surface area contributed by atoms with Crippen molar-refractivity contribution in [3.63, 3.8) is 0 Å². The van der Waals surface area contributed by atoms with Crippen molar-refractivity contribution in [3.8, 4) is 0 Å². The lowest BCUT2D eigenvalue weighted by Gasteiger charge is -2.12. The second-order valence-electron chi connectivity index (χ2n) is 4.23. The van der Waals surface area contributed by atoms with Crippen LogP contribution in [0.25, 0.3) is 0 Å². The molecular formula is C16H24O4. The van der Waals surface area contributed by atoms with Gasteiger partial charge in [-0.2, -0.15) is 0 Å². The first-order valence-corrected chi connectivity index (χ1v) is 6.90. The van der Waals surface area contributed by atoms with E-state index in [1.54, 1.807) is 12.1 Å². The third kappa shape index (κ3) is 4.78. The second-order valence-corrected chi connectivity index (χ2v) is 4.23. The molecule has 0 aliphatic carbocycles. The van der Waals surface area contributed by atoms with E-state index in [9.17, 15) is 9.59 Å². The molecule has 4 nitrogen and oxygen atoms in total. The number of carbonyl (C=O) groups excluding carboxylic acids is 2. The van der Waals surface area contributed by atoms with Crippen molar-refractivity contribution in [1.29, 1.82) is 0 Å². The van der Waals surface area contributed by atoms with Gasteiger partial charge in [0.15, 0.2) is 5.78 Å². The van der Waals surface area contributed by atoms with Crippen molar-refractivity contribution in [2.24, 2.45) is 0 Å².